The van der Waals surface area contributed by atoms with Crippen LogP contribution in [0.15, 0.2) is 12.2 Å². The highest BCUT2D eigenvalue weighted by atomic mass is 32.2. The lowest BCUT2D eigenvalue weighted by Crippen LogP contribution is -2.26. The maximum absolute atomic E-state index is 11.8. The van der Waals surface area contributed by atoms with Crippen LogP contribution in [0.4, 0.5) is 0 Å². The zero-order valence-electron chi connectivity index (χ0n) is 10.7. The summed E-state index contributed by atoms with van der Waals surface area (Å²) in [4.78, 5) is 11.1. The number of esters is 1. The Bertz CT molecular complexity index is 393. The number of hydrogen-bond acceptors (Lipinski definition) is 5. The summed E-state index contributed by atoms with van der Waals surface area (Å²) in [6.45, 7) is 6.11. The third-order valence-corrected chi connectivity index (χ3v) is 4.57. The Hall–Kier alpha value is -0.880. The van der Waals surface area contributed by atoms with Gasteiger partial charge in [-0.15, -0.1) is 0 Å². The number of carbonyl (C=O) groups excluding carboxylic acids is 1. The Morgan fingerprint density at radius 2 is 2.00 bits per heavy atom. The minimum absolute atomic E-state index is 0.1000. The van der Waals surface area contributed by atoms with E-state index < -0.39 is 15.8 Å². The summed E-state index contributed by atoms with van der Waals surface area (Å²) < 4.78 is 33.6. The van der Waals surface area contributed by atoms with Crippen molar-refractivity contribution in [3.63, 3.8) is 0 Å². The molecule has 0 spiro atoms. The van der Waals surface area contributed by atoms with Crippen molar-refractivity contribution in [1.82, 2.24) is 0 Å². The molecular formula is C12H20O5S. The molecule has 1 fully saturated rings. The van der Waals surface area contributed by atoms with E-state index in [4.69, 9.17) is 9.47 Å². The van der Waals surface area contributed by atoms with Crippen LogP contribution in [0.25, 0.3) is 0 Å². The molecule has 1 rings (SSSR count). The van der Waals surface area contributed by atoms with E-state index in [0.29, 0.717) is 13.2 Å². The molecular weight excluding hydrogens is 256 g/mol. The quantitative estimate of drug-likeness (QED) is 0.533. The van der Waals surface area contributed by atoms with Crippen LogP contribution in [-0.4, -0.2) is 45.7 Å². The molecule has 0 aromatic carbocycles. The van der Waals surface area contributed by atoms with Gasteiger partial charge in [-0.2, -0.15) is 0 Å². The van der Waals surface area contributed by atoms with Gasteiger partial charge in [-0.05, 0) is 25.7 Å². The van der Waals surface area contributed by atoms with E-state index in [-0.39, 0.29) is 29.6 Å². The van der Waals surface area contributed by atoms with Gasteiger partial charge < -0.3 is 9.47 Å². The summed E-state index contributed by atoms with van der Waals surface area (Å²) in [5.74, 6) is -0.346. The van der Waals surface area contributed by atoms with Crippen LogP contribution in [-0.2, 0) is 24.1 Å². The van der Waals surface area contributed by atoms with Crippen molar-refractivity contribution >= 4 is 15.8 Å². The average Bonchev–Trinajstić information content (AvgIpc) is 2.29. The molecule has 0 N–H and O–H groups in total. The molecule has 0 aromatic heterocycles. The lowest BCUT2D eigenvalue weighted by Gasteiger charge is -2.21. The first-order valence-electron chi connectivity index (χ1n) is 6.01. The molecule has 18 heavy (non-hydrogen) atoms. The highest BCUT2D eigenvalue weighted by Gasteiger charge is 2.22. The SMILES string of the molecule is C=C(C)C(=O)OCCS(=O)(=O)CC1CCOCC1. The van der Waals surface area contributed by atoms with Crippen LogP contribution in [0.3, 0.4) is 0 Å². The van der Waals surface area contributed by atoms with Crippen molar-refractivity contribution in [3.8, 4) is 0 Å². The fourth-order valence-corrected chi connectivity index (χ4v) is 3.30. The molecule has 1 saturated heterocycles. The van der Waals surface area contributed by atoms with Gasteiger partial charge in [0, 0.05) is 18.8 Å². The smallest absolute Gasteiger partial charge is 0.333 e. The van der Waals surface area contributed by atoms with Gasteiger partial charge >= 0.3 is 5.97 Å². The first-order valence-corrected chi connectivity index (χ1v) is 7.83. The molecule has 1 aliphatic rings. The standard InChI is InChI=1S/C12H20O5S/c1-10(2)12(13)17-7-8-18(14,15)9-11-3-5-16-6-4-11/h11H,1,3-9H2,2H3. The number of hydrogen-bond donors (Lipinski definition) is 0. The van der Waals surface area contributed by atoms with Crippen molar-refractivity contribution in [2.24, 2.45) is 5.92 Å². The number of sulfone groups is 1. The zero-order valence-corrected chi connectivity index (χ0v) is 11.5. The Morgan fingerprint density at radius 1 is 1.39 bits per heavy atom. The second-order valence-corrected chi connectivity index (χ2v) is 6.82. The van der Waals surface area contributed by atoms with Crippen molar-refractivity contribution in [1.29, 1.82) is 0 Å². The van der Waals surface area contributed by atoms with Gasteiger partial charge in [-0.3, -0.25) is 0 Å². The number of ether oxygens (including phenoxy) is 2. The molecule has 0 amide bonds. The number of carbonyl (C=O) groups is 1. The Morgan fingerprint density at radius 3 is 2.56 bits per heavy atom. The monoisotopic (exact) mass is 276 g/mol. The van der Waals surface area contributed by atoms with Crippen LogP contribution in [0.1, 0.15) is 19.8 Å². The van der Waals surface area contributed by atoms with E-state index in [1.807, 2.05) is 0 Å². The molecule has 0 atom stereocenters. The van der Waals surface area contributed by atoms with E-state index in [0.717, 1.165) is 12.8 Å². The van der Waals surface area contributed by atoms with E-state index in [1.54, 1.807) is 0 Å². The fourth-order valence-electron chi connectivity index (χ4n) is 1.74. The highest BCUT2D eigenvalue weighted by molar-refractivity contribution is 7.91. The highest BCUT2D eigenvalue weighted by Crippen LogP contribution is 2.17. The predicted octanol–water partition coefficient (Wildman–Crippen LogP) is 0.947. The van der Waals surface area contributed by atoms with Crippen LogP contribution in [0, 0.1) is 5.92 Å². The van der Waals surface area contributed by atoms with E-state index in [9.17, 15) is 13.2 Å². The molecule has 5 nitrogen and oxygen atoms in total. The fraction of sp³-hybridized carbons (Fsp3) is 0.750. The van der Waals surface area contributed by atoms with Crippen LogP contribution >= 0.6 is 0 Å². The summed E-state index contributed by atoms with van der Waals surface area (Å²) in [7, 11) is -3.17. The molecule has 1 aliphatic heterocycles. The van der Waals surface area contributed by atoms with E-state index >= 15 is 0 Å². The van der Waals surface area contributed by atoms with Crippen LogP contribution in [0.2, 0.25) is 0 Å². The average molecular weight is 276 g/mol. The second-order valence-electron chi connectivity index (χ2n) is 4.59. The van der Waals surface area contributed by atoms with Gasteiger partial charge in [0.2, 0.25) is 0 Å². The lowest BCUT2D eigenvalue weighted by molar-refractivity contribution is -0.138. The molecule has 0 aromatic rings. The molecule has 0 aliphatic carbocycles. The van der Waals surface area contributed by atoms with Gasteiger partial charge in [-0.1, -0.05) is 6.58 Å². The summed E-state index contributed by atoms with van der Waals surface area (Å²) in [5, 5.41) is 0. The van der Waals surface area contributed by atoms with Crippen molar-refractivity contribution < 1.29 is 22.7 Å². The van der Waals surface area contributed by atoms with E-state index in [1.165, 1.54) is 6.92 Å². The van der Waals surface area contributed by atoms with Crippen LogP contribution in [0.5, 0.6) is 0 Å². The van der Waals surface area contributed by atoms with Crippen molar-refractivity contribution in [2.45, 2.75) is 19.8 Å². The molecule has 0 saturated carbocycles. The molecule has 6 heteroatoms. The normalized spacial score (nSPS) is 17.4. The third-order valence-electron chi connectivity index (χ3n) is 2.81. The maximum Gasteiger partial charge on any atom is 0.333 e. The van der Waals surface area contributed by atoms with Gasteiger partial charge in [0.25, 0.3) is 0 Å². The van der Waals surface area contributed by atoms with Gasteiger partial charge in [0.05, 0.1) is 11.5 Å². The largest absolute Gasteiger partial charge is 0.461 e. The summed E-state index contributed by atoms with van der Waals surface area (Å²) in [6.07, 6.45) is 1.57. The maximum atomic E-state index is 11.8. The summed E-state index contributed by atoms with van der Waals surface area (Å²) in [5.41, 5.74) is 0.275. The number of rotatable bonds is 6. The van der Waals surface area contributed by atoms with E-state index in [2.05, 4.69) is 6.58 Å². The lowest BCUT2D eigenvalue weighted by atomic mass is 10.0. The molecule has 104 valence electrons. The Labute approximate surface area is 108 Å². The minimum Gasteiger partial charge on any atom is -0.461 e. The summed E-state index contributed by atoms with van der Waals surface area (Å²) >= 11 is 0. The third kappa shape index (κ3) is 5.64. The molecule has 1 heterocycles. The Balaban J connectivity index is 2.30. The van der Waals surface area contributed by atoms with Gasteiger partial charge in [0.1, 0.15) is 6.61 Å². The second kappa shape index (κ2) is 6.89. The zero-order chi connectivity index (χ0) is 13.6. The topological polar surface area (TPSA) is 69.7 Å². The summed E-state index contributed by atoms with van der Waals surface area (Å²) in [6, 6.07) is 0. The Kier molecular flexibility index (Phi) is 5.81. The first kappa shape index (κ1) is 15.2. The molecule has 0 bridgehead atoms. The van der Waals surface area contributed by atoms with Gasteiger partial charge in [0.15, 0.2) is 9.84 Å². The van der Waals surface area contributed by atoms with Gasteiger partial charge in [-0.25, -0.2) is 13.2 Å². The predicted molar refractivity (Wildman–Crippen MR) is 68.0 cm³/mol. The van der Waals surface area contributed by atoms with Crippen molar-refractivity contribution in [3.05, 3.63) is 12.2 Å². The first-order chi connectivity index (χ1) is 8.41. The molecule has 0 radical (unpaired) electrons. The van der Waals surface area contributed by atoms with Crippen LogP contribution < -0.4 is 0 Å². The van der Waals surface area contributed by atoms with Crippen molar-refractivity contribution in [2.75, 3.05) is 31.3 Å². The minimum atomic E-state index is -3.17. The molecule has 0 unspecified atom stereocenters.